The van der Waals surface area contributed by atoms with Gasteiger partial charge in [-0.05, 0) is 50.2 Å². The molecule has 120 valence electrons. The molecule has 0 aliphatic heterocycles. The van der Waals surface area contributed by atoms with Gasteiger partial charge in [-0.2, -0.15) is 5.10 Å². The maximum atomic E-state index is 11.8. The lowest BCUT2D eigenvalue weighted by atomic mass is 10.1. The smallest absolute Gasteiger partial charge is 0.339 e. The number of benzene rings is 2. The highest BCUT2D eigenvalue weighted by Crippen LogP contribution is 2.17. The summed E-state index contributed by atoms with van der Waals surface area (Å²) in [6.07, 6.45) is 0. The van der Waals surface area contributed by atoms with Gasteiger partial charge >= 0.3 is 6.03 Å². The van der Waals surface area contributed by atoms with Crippen LogP contribution >= 0.6 is 0 Å². The molecule has 6 heteroatoms. The van der Waals surface area contributed by atoms with E-state index in [0.717, 1.165) is 5.75 Å². The van der Waals surface area contributed by atoms with Crippen LogP contribution in [0.1, 0.15) is 19.4 Å². The molecule has 6 nitrogen and oxygen atoms in total. The van der Waals surface area contributed by atoms with Gasteiger partial charge in [-0.15, -0.1) is 0 Å². The van der Waals surface area contributed by atoms with E-state index in [9.17, 15) is 9.90 Å². The lowest BCUT2D eigenvalue weighted by Gasteiger charge is -2.07. The predicted molar refractivity (Wildman–Crippen MR) is 90.1 cm³/mol. The molecule has 0 saturated carbocycles. The number of ether oxygens (including phenoxy) is 1. The number of nitrogens with one attached hydrogen (secondary N) is 2. The highest BCUT2D eigenvalue weighted by molar-refractivity contribution is 6.01. The average Bonchev–Trinajstić information content (AvgIpc) is 2.55. The Kier molecular flexibility index (Phi) is 5.57. The molecule has 2 aromatic rings. The number of urea groups is 1. The van der Waals surface area contributed by atoms with Crippen molar-refractivity contribution >= 4 is 17.4 Å². The van der Waals surface area contributed by atoms with E-state index in [1.807, 2.05) is 6.92 Å². The SMILES string of the molecule is CCOc1ccc(NC(=O)N/N=C(\C)c2ccccc2O)cc1. The maximum Gasteiger partial charge on any atom is 0.339 e. The summed E-state index contributed by atoms with van der Waals surface area (Å²) in [4.78, 5) is 11.8. The molecule has 3 N–H and O–H groups in total. The van der Waals surface area contributed by atoms with Crippen molar-refractivity contribution in [2.75, 3.05) is 11.9 Å². The zero-order chi connectivity index (χ0) is 16.7. The molecular formula is C17H19N3O3. The number of hydrogen-bond donors (Lipinski definition) is 3. The van der Waals surface area contributed by atoms with E-state index < -0.39 is 6.03 Å². The number of phenols is 1. The van der Waals surface area contributed by atoms with Gasteiger partial charge in [0, 0.05) is 11.3 Å². The molecule has 2 rings (SSSR count). The van der Waals surface area contributed by atoms with E-state index >= 15 is 0 Å². The lowest BCUT2D eigenvalue weighted by molar-refractivity contribution is 0.252. The number of anilines is 1. The molecular weight excluding hydrogens is 294 g/mol. The summed E-state index contributed by atoms with van der Waals surface area (Å²) in [6.45, 7) is 4.20. The fraction of sp³-hybridized carbons (Fsp3) is 0.176. The molecule has 2 amide bonds. The Labute approximate surface area is 134 Å². The summed E-state index contributed by atoms with van der Waals surface area (Å²) in [7, 11) is 0. The first-order valence-electron chi connectivity index (χ1n) is 7.22. The third-order valence-corrected chi connectivity index (χ3v) is 3.04. The number of rotatable bonds is 5. The monoisotopic (exact) mass is 313 g/mol. The highest BCUT2D eigenvalue weighted by atomic mass is 16.5. The van der Waals surface area contributed by atoms with E-state index in [1.54, 1.807) is 55.5 Å². The van der Waals surface area contributed by atoms with Gasteiger partial charge in [-0.25, -0.2) is 10.2 Å². The van der Waals surface area contributed by atoms with Gasteiger partial charge < -0.3 is 15.2 Å². The topological polar surface area (TPSA) is 83.0 Å². The number of carbonyl (C=O) groups is 1. The fourth-order valence-corrected chi connectivity index (χ4v) is 1.93. The molecule has 0 heterocycles. The number of amides is 2. The van der Waals surface area contributed by atoms with Crippen LogP contribution in [0.15, 0.2) is 53.6 Å². The van der Waals surface area contributed by atoms with Crippen LogP contribution in [0, 0.1) is 0 Å². The van der Waals surface area contributed by atoms with Crippen LogP contribution in [-0.4, -0.2) is 23.5 Å². The third-order valence-electron chi connectivity index (χ3n) is 3.04. The number of nitrogens with zero attached hydrogens (tertiary/aromatic N) is 1. The standard InChI is InChI=1S/C17H19N3O3/c1-3-23-14-10-8-13(9-11-14)18-17(22)20-19-12(2)15-6-4-5-7-16(15)21/h4-11,21H,3H2,1-2H3,(H2,18,20,22)/b19-12+. The lowest BCUT2D eigenvalue weighted by Crippen LogP contribution is -2.25. The minimum absolute atomic E-state index is 0.113. The fourth-order valence-electron chi connectivity index (χ4n) is 1.93. The number of hydrogen-bond acceptors (Lipinski definition) is 4. The van der Waals surface area contributed by atoms with Gasteiger partial charge in [0.25, 0.3) is 0 Å². The first kappa shape index (κ1) is 16.4. The Morgan fingerprint density at radius 1 is 1.17 bits per heavy atom. The zero-order valence-corrected chi connectivity index (χ0v) is 13.0. The molecule has 0 aliphatic rings. The second-order valence-electron chi connectivity index (χ2n) is 4.74. The van der Waals surface area contributed by atoms with E-state index in [2.05, 4.69) is 15.8 Å². The molecule has 0 unspecified atom stereocenters. The normalized spacial score (nSPS) is 11.0. The van der Waals surface area contributed by atoms with Gasteiger partial charge in [-0.3, -0.25) is 0 Å². The minimum atomic E-state index is -0.469. The van der Waals surface area contributed by atoms with E-state index in [4.69, 9.17) is 4.74 Å². The number of phenolic OH excluding ortho intramolecular Hbond substituents is 1. The van der Waals surface area contributed by atoms with E-state index in [1.165, 1.54) is 0 Å². The first-order valence-corrected chi connectivity index (χ1v) is 7.22. The molecule has 0 radical (unpaired) electrons. The van der Waals surface area contributed by atoms with Crippen LogP contribution in [0.3, 0.4) is 0 Å². The summed E-state index contributed by atoms with van der Waals surface area (Å²) in [6, 6.07) is 13.4. The van der Waals surface area contributed by atoms with E-state index in [-0.39, 0.29) is 5.75 Å². The summed E-state index contributed by atoms with van der Waals surface area (Å²) in [5.41, 5.74) is 4.09. The van der Waals surface area contributed by atoms with Crippen molar-refractivity contribution in [3.05, 3.63) is 54.1 Å². The van der Waals surface area contributed by atoms with Gasteiger partial charge in [0.15, 0.2) is 0 Å². The minimum Gasteiger partial charge on any atom is -0.507 e. The molecule has 0 aliphatic carbocycles. The summed E-state index contributed by atoms with van der Waals surface area (Å²) >= 11 is 0. The van der Waals surface area contributed by atoms with Gasteiger partial charge in [0.05, 0.1) is 12.3 Å². The second-order valence-corrected chi connectivity index (χ2v) is 4.74. The number of para-hydroxylation sites is 1. The third kappa shape index (κ3) is 4.74. The maximum absolute atomic E-state index is 11.8. The number of hydrazone groups is 1. The van der Waals surface area contributed by atoms with Crippen LogP contribution in [-0.2, 0) is 0 Å². The quantitative estimate of drug-likeness (QED) is 0.585. The van der Waals surface area contributed by atoms with Crippen molar-refractivity contribution in [3.8, 4) is 11.5 Å². The highest BCUT2D eigenvalue weighted by Gasteiger charge is 2.05. The number of carbonyl (C=O) groups excluding carboxylic acids is 1. The molecule has 0 bridgehead atoms. The van der Waals surface area contributed by atoms with Crippen LogP contribution in [0.25, 0.3) is 0 Å². The van der Waals surface area contributed by atoms with Crippen LogP contribution in [0.2, 0.25) is 0 Å². The van der Waals surface area contributed by atoms with Gasteiger partial charge in [0.2, 0.25) is 0 Å². The second kappa shape index (κ2) is 7.84. The Bertz CT molecular complexity index is 696. The van der Waals surface area contributed by atoms with Crippen LogP contribution in [0.4, 0.5) is 10.5 Å². The molecule has 0 atom stereocenters. The molecule has 23 heavy (non-hydrogen) atoms. The molecule has 0 fully saturated rings. The molecule has 0 aromatic heterocycles. The van der Waals surface area contributed by atoms with Crippen molar-refractivity contribution < 1.29 is 14.6 Å². The Hall–Kier alpha value is -3.02. The summed E-state index contributed by atoms with van der Waals surface area (Å²) in [5, 5.41) is 16.4. The summed E-state index contributed by atoms with van der Waals surface area (Å²) < 4.78 is 5.33. The molecule has 0 saturated heterocycles. The van der Waals surface area contributed by atoms with Crippen molar-refractivity contribution in [2.24, 2.45) is 5.10 Å². The molecule has 0 spiro atoms. The summed E-state index contributed by atoms with van der Waals surface area (Å²) in [5.74, 6) is 0.856. The Morgan fingerprint density at radius 2 is 1.87 bits per heavy atom. The van der Waals surface area contributed by atoms with E-state index in [0.29, 0.717) is 23.6 Å². The predicted octanol–water partition coefficient (Wildman–Crippen LogP) is 3.34. The number of aromatic hydroxyl groups is 1. The molecule has 2 aromatic carbocycles. The Balaban J connectivity index is 1.94. The van der Waals surface area contributed by atoms with Crippen molar-refractivity contribution in [2.45, 2.75) is 13.8 Å². The van der Waals surface area contributed by atoms with Gasteiger partial charge in [-0.1, -0.05) is 12.1 Å². The zero-order valence-electron chi connectivity index (χ0n) is 13.0. The van der Waals surface area contributed by atoms with Gasteiger partial charge in [0.1, 0.15) is 11.5 Å². The first-order chi connectivity index (χ1) is 11.1. The van der Waals surface area contributed by atoms with Crippen molar-refractivity contribution in [1.29, 1.82) is 0 Å². The largest absolute Gasteiger partial charge is 0.507 e. The van der Waals surface area contributed by atoms with Crippen LogP contribution < -0.4 is 15.5 Å². The average molecular weight is 313 g/mol. The van der Waals surface area contributed by atoms with Crippen LogP contribution in [0.5, 0.6) is 11.5 Å². The van der Waals surface area contributed by atoms with Crippen molar-refractivity contribution in [1.82, 2.24) is 5.43 Å². The van der Waals surface area contributed by atoms with Crippen molar-refractivity contribution in [3.63, 3.8) is 0 Å². The Morgan fingerprint density at radius 3 is 2.52 bits per heavy atom.